The second kappa shape index (κ2) is 4.26. The van der Waals surface area contributed by atoms with Gasteiger partial charge in [0.25, 0.3) is 0 Å². The topological polar surface area (TPSA) is 74.6 Å². The van der Waals surface area contributed by atoms with Gasteiger partial charge in [0.05, 0.1) is 5.92 Å². The first kappa shape index (κ1) is 12.7. The van der Waals surface area contributed by atoms with Crippen LogP contribution in [-0.4, -0.2) is 26.1 Å². The molecule has 0 bridgehead atoms. The van der Waals surface area contributed by atoms with Crippen LogP contribution in [0.1, 0.15) is 20.8 Å². The van der Waals surface area contributed by atoms with E-state index in [9.17, 15) is 9.59 Å². The van der Waals surface area contributed by atoms with Crippen LogP contribution in [0.3, 0.4) is 0 Å². The summed E-state index contributed by atoms with van der Waals surface area (Å²) in [5, 5.41) is 17.6. The number of alkyl halides is 1. The molecule has 0 heterocycles. The molecule has 2 N–H and O–H groups in total. The van der Waals surface area contributed by atoms with Crippen LogP contribution in [0.2, 0.25) is 0 Å². The number of halogens is 1. The van der Waals surface area contributed by atoms with E-state index in [-0.39, 0.29) is 0 Å². The molecule has 2 atom stereocenters. The lowest BCUT2D eigenvalue weighted by Gasteiger charge is -2.28. The molecule has 13 heavy (non-hydrogen) atoms. The quantitative estimate of drug-likeness (QED) is 0.613. The lowest BCUT2D eigenvalue weighted by Crippen LogP contribution is -2.39. The first-order chi connectivity index (χ1) is 5.68. The van der Waals surface area contributed by atoms with Gasteiger partial charge < -0.3 is 10.2 Å². The van der Waals surface area contributed by atoms with Gasteiger partial charge >= 0.3 is 11.9 Å². The molecule has 0 saturated carbocycles. The summed E-state index contributed by atoms with van der Waals surface area (Å²) in [4.78, 5) is 21.4. The molecule has 0 spiro atoms. The Labute approximate surface area is 90.5 Å². The van der Waals surface area contributed by atoms with Crippen molar-refractivity contribution < 1.29 is 19.8 Å². The minimum atomic E-state index is -1.08. The van der Waals surface area contributed by atoms with Gasteiger partial charge in [-0.15, -0.1) is 0 Å². The maximum Gasteiger partial charge on any atom is 0.317 e. The predicted molar refractivity (Wildman–Crippen MR) is 56.0 cm³/mol. The van der Waals surface area contributed by atoms with E-state index < -0.39 is 27.2 Å². The zero-order valence-corrected chi connectivity index (χ0v) is 9.90. The monoisotopic (exact) mass is 300 g/mol. The van der Waals surface area contributed by atoms with Crippen molar-refractivity contribution >= 4 is 34.5 Å². The Morgan fingerprint density at radius 1 is 1.15 bits per heavy atom. The third-order valence-corrected chi connectivity index (χ3v) is 2.98. The molecule has 0 amide bonds. The molecule has 0 aromatic rings. The van der Waals surface area contributed by atoms with Gasteiger partial charge in [-0.2, -0.15) is 0 Å². The van der Waals surface area contributed by atoms with Crippen molar-refractivity contribution in [1.29, 1.82) is 0 Å². The molecule has 0 aliphatic rings. The molecule has 0 radical (unpaired) electrons. The van der Waals surface area contributed by atoms with E-state index in [4.69, 9.17) is 10.2 Å². The molecule has 0 fully saturated rings. The number of aliphatic carboxylic acids is 2. The van der Waals surface area contributed by atoms with E-state index in [1.165, 1.54) is 0 Å². The highest BCUT2D eigenvalue weighted by Gasteiger charge is 2.40. The van der Waals surface area contributed by atoms with E-state index >= 15 is 0 Å². The van der Waals surface area contributed by atoms with Gasteiger partial charge in [0.2, 0.25) is 0 Å². The van der Waals surface area contributed by atoms with Crippen LogP contribution in [0.4, 0.5) is 0 Å². The van der Waals surface area contributed by atoms with Crippen LogP contribution in [0.25, 0.3) is 0 Å². The number of carboxylic acid groups (broad SMARTS) is 2. The minimum absolute atomic E-state index is 0.546. The molecule has 0 rings (SSSR count). The first-order valence-electron chi connectivity index (χ1n) is 3.77. The second-order valence-corrected chi connectivity index (χ2v) is 5.26. The number of carbonyl (C=O) groups is 2. The van der Waals surface area contributed by atoms with E-state index in [0.717, 1.165) is 0 Å². The summed E-state index contributed by atoms with van der Waals surface area (Å²) in [5.74, 6) is -3.01. The molecule has 0 saturated heterocycles. The summed E-state index contributed by atoms with van der Waals surface area (Å²) in [6, 6.07) is 0. The third-order valence-electron chi connectivity index (χ3n) is 1.73. The smallest absolute Gasteiger partial charge is 0.317 e. The van der Waals surface area contributed by atoms with E-state index in [0.29, 0.717) is 0 Å². The molecule has 76 valence electrons. The number of hydrogen-bond acceptors (Lipinski definition) is 2. The predicted octanol–water partition coefficient (Wildman–Crippen LogP) is 1.62. The van der Waals surface area contributed by atoms with Gasteiger partial charge in [-0.3, -0.25) is 9.59 Å². The van der Waals surface area contributed by atoms with Crippen molar-refractivity contribution in [3.8, 4) is 0 Å². The van der Waals surface area contributed by atoms with Gasteiger partial charge in [0.1, 0.15) is 3.92 Å². The van der Waals surface area contributed by atoms with E-state index in [2.05, 4.69) is 0 Å². The molecule has 0 aliphatic heterocycles. The van der Waals surface area contributed by atoms with Gasteiger partial charge in [-0.05, 0) is 5.41 Å². The van der Waals surface area contributed by atoms with E-state index in [1.54, 1.807) is 43.4 Å². The van der Waals surface area contributed by atoms with Crippen molar-refractivity contribution in [2.75, 3.05) is 0 Å². The minimum Gasteiger partial charge on any atom is -0.481 e. The molecule has 0 aliphatic carbocycles. The van der Waals surface area contributed by atoms with Crippen molar-refractivity contribution in [2.24, 2.45) is 11.3 Å². The maximum absolute atomic E-state index is 10.8. The summed E-state index contributed by atoms with van der Waals surface area (Å²) < 4.78 is -0.893. The lowest BCUT2D eigenvalue weighted by molar-refractivity contribution is -0.150. The highest BCUT2D eigenvalue weighted by atomic mass is 127. The molecular weight excluding hydrogens is 287 g/mol. The summed E-state index contributed by atoms with van der Waals surface area (Å²) in [6.45, 7) is 5.17. The Morgan fingerprint density at radius 2 is 1.54 bits per heavy atom. The number of rotatable bonds is 3. The van der Waals surface area contributed by atoms with Crippen molar-refractivity contribution in [3.63, 3.8) is 0 Å². The van der Waals surface area contributed by atoms with Crippen LogP contribution < -0.4 is 0 Å². The lowest BCUT2D eigenvalue weighted by atomic mass is 9.79. The van der Waals surface area contributed by atoms with Crippen molar-refractivity contribution in [2.45, 2.75) is 24.7 Å². The fourth-order valence-corrected chi connectivity index (χ4v) is 2.46. The number of hydrogen-bond donors (Lipinski definition) is 2. The summed E-state index contributed by atoms with van der Waals surface area (Å²) in [6.07, 6.45) is 0. The molecule has 4 nitrogen and oxygen atoms in total. The van der Waals surface area contributed by atoms with Gasteiger partial charge in [-0.1, -0.05) is 43.4 Å². The zero-order valence-electron chi connectivity index (χ0n) is 7.74. The maximum atomic E-state index is 10.8. The highest BCUT2D eigenvalue weighted by Crippen LogP contribution is 2.32. The largest absolute Gasteiger partial charge is 0.481 e. The van der Waals surface area contributed by atoms with Crippen molar-refractivity contribution in [1.82, 2.24) is 0 Å². The van der Waals surface area contributed by atoms with Crippen molar-refractivity contribution in [3.05, 3.63) is 0 Å². The Hall–Kier alpha value is -0.330. The van der Waals surface area contributed by atoms with Gasteiger partial charge in [0, 0.05) is 0 Å². The standard InChI is InChI=1S/C8H13IO4/c1-8(2,3)4(6(10)11)5(9)7(12)13/h4-5H,1-3H3,(H,10,11)(H,12,13). The van der Waals surface area contributed by atoms with Crippen LogP contribution in [-0.2, 0) is 9.59 Å². The Bertz CT molecular complexity index is 219. The molecule has 2 unspecified atom stereocenters. The summed E-state index contributed by atoms with van der Waals surface area (Å²) >= 11 is 1.65. The second-order valence-electron chi connectivity index (χ2n) is 3.92. The Kier molecular flexibility index (Phi) is 4.15. The van der Waals surface area contributed by atoms with Gasteiger partial charge in [0.15, 0.2) is 0 Å². The Morgan fingerprint density at radius 3 is 1.62 bits per heavy atom. The Balaban J connectivity index is 4.83. The summed E-state index contributed by atoms with van der Waals surface area (Å²) in [7, 11) is 0. The van der Waals surface area contributed by atoms with Gasteiger partial charge in [-0.25, -0.2) is 0 Å². The van der Waals surface area contributed by atoms with E-state index in [1.807, 2.05) is 0 Å². The van der Waals surface area contributed by atoms with Crippen LogP contribution in [0.15, 0.2) is 0 Å². The average Bonchev–Trinajstić information content (AvgIpc) is 1.82. The third kappa shape index (κ3) is 3.50. The highest BCUT2D eigenvalue weighted by molar-refractivity contribution is 14.1. The van der Waals surface area contributed by atoms with Crippen LogP contribution in [0, 0.1) is 11.3 Å². The molecule has 0 aromatic heterocycles. The summed E-state index contributed by atoms with van der Waals surface area (Å²) in [5.41, 5.74) is -0.546. The number of carboxylic acids is 2. The van der Waals surface area contributed by atoms with Crippen LogP contribution >= 0.6 is 22.6 Å². The van der Waals surface area contributed by atoms with Crippen LogP contribution in [0.5, 0.6) is 0 Å². The average molecular weight is 300 g/mol. The zero-order chi connectivity index (χ0) is 10.8. The fraction of sp³-hybridized carbons (Fsp3) is 0.750. The molecule has 5 heteroatoms. The normalized spacial score (nSPS) is 16.3. The fourth-order valence-electron chi connectivity index (χ4n) is 1.08. The first-order valence-corrected chi connectivity index (χ1v) is 5.02. The SMILES string of the molecule is CC(C)(C)C(C(=O)O)C(I)C(=O)O. The molecule has 0 aromatic carbocycles. The molecular formula is C8H13IO4.